The van der Waals surface area contributed by atoms with Crippen molar-refractivity contribution in [3.63, 3.8) is 0 Å². The van der Waals surface area contributed by atoms with Crippen LogP contribution in [0, 0.1) is 5.82 Å². The van der Waals surface area contributed by atoms with Gasteiger partial charge < -0.3 is 5.73 Å². The summed E-state index contributed by atoms with van der Waals surface area (Å²) in [6, 6.07) is 4.85. The summed E-state index contributed by atoms with van der Waals surface area (Å²) < 4.78 is 25.0. The van der Waals surface area contributed by atoms with Crippen LogP contribution in [0.5, 0.6) is 0 Å². The van der Waals surface area contributed by atoms with Crippen molar-refractivity contribution >= 4 is 10.8 Å². The molecule has 0 bridgehead atoms. The Morgan fingerprint density at radius 2 is 2.13 bits per heavy atom. The zero-order valence-electron chi connectivity index (χ0n) is 9.00. The Kier molecular flexibility index (Phi) is 4.42. The lowest BCUT2D eigenvalue weighted by Crippen LogP contribution is -2.09. The van der Waals surface area contributed by atoms with Gasteiger partial charge in [0.25, 0.3) is 0 Å². The van der Waals surface area contributed by atoms with E-state index in [-0.39, 0.29) is 16.8 Å². The number of hydrogen-bond acceptors (Lipinski definition) is 2. The van der Waals surface area contributed by atoms with Crippen molar-refractivity contribution in [2.45, 2.75) is 31.4 Å². The molecule has 1 aromatic rings. The van der Waals surface area contributed by atoms with Gasteiger partial charge in [-0.2, -0.15) is 0 Å². The second-order valence-electron chi connectivity index (χ2n) is 3.70. The molecule has 0 amide bonds. The van der Waals surface area contributed by atoms with E-state index in [1.54, 1.807) is 12.1 Å². The maximum atomic E-state index is 13.5. The molecule has 2 nitrogen and oxygen atoms in total. The van der Waals surface area contributed by atoms with Crippen LogP contribution in [0.3, 0.4) is 0 Å². The Morgan fingerprint density at radius 1 is 1.47 bits per heavy atom. The minimum Gasteiger partial charge on any atom is -0.326 e. The monoisotopic (exact) mass is 229 g/mol. The van der Waals surface area contributed by atoms with E-state index in [4.69, 9.17) is 5.73 Å². The van der Waals surface area contributed by atoms with Crippen LogP contribution in [0.15, 0.2) is 18.2 Å². The minimum atomic E-state index is -1.01. The molecule has 0 aromatic heterocycles. The van der Waals surface area contributed by atoms with Gasteiger partial charge in [-0.05, 0) is 11.6 Å². The van der Waals surface area contributed by atoms with Gasteiger partial charge in [-0.15, -0.1) is 0 Å². The Hall–Kier alpha value is -0.740. The summed E-state index contributed by atoms with van der Waals surface area (Å²) in [5.74, 6) is -0.0408. The van der Waals surface area contributed by atoms with Gasteiger partial charge in [0.05, 0.1) is 5.75 Å². The lowest BCUT2D eigenvalue weighted by atomic mass is 10.1. The topological polar surface area (TPSA) is 43.1 Å². The van der Waals surface area contributed by atoms with E-state index >= 15 is 0 Å². The largest absolute Gasteiger partial charge is 0.326 e. The molecule has 15 heavy (non-hydrogen) atoms. The lowest BCUT2D eigenvalue weighted by Gasteiger charge is -2.07. The number of nitrogens with two attached hydrogens (primary N) is 1. The summed E-state index contributed by atoms with van der Waals surface area (Å²) in [5.41, 5.74) is 6.65. The van der Waals surface area contributed by atoms with Crippen LogP contribution in [0.4, 0.5) is 4.39 Å². The molecule has 0 aliphatic heterocycles. The number of hydrogen-bond donors (Lipinski definition) is 1. The average molecular weight is 229 g/mol. The Bertz CT molecular complexity index is 366. The highest BCUT2D eigenvalue weighted by Crippen LogP contribution is 2.13. The normalized spacial score (nSPS) is 13.1. The van der Waals surface area contributed by atoms with E-state index in [1.165, 1.54) is 6.07 Å². The first kappa shape index (κ1) is 12.3. The van der Waals surface area contributed by atoms with E-state index < -0.39 is 10.8 Å². The molecule has 0 spiro atoms. The Balaban J connectivity index is 2.83. The first-order valence-electron chi connectivity index (χ1n) is 4.89. The van der Waals surface area contributed by atoms with Crippen molar-refractivity contribution in [1.82, 2.24) is 0 Å². The fourth-order valence-electron chi connectivity index (χ4n) is 1.15. The molecule has 0 fully saturated rings. The highest BCUT2D eigenvalue weighted by molar-refractivity contribution is 7.84. The molecule has 1 aromatic carbocycles. The van der Waals surface area contributed by atoms with Gasteiger partial charge in [0.15, 0.2) is 0 Å². The number of rotatable bonds is 4. The first-order valence-corrected chi connectivity index (χ1v) is 6.27. The maximum Gasteiger partial charge on any atom is 0.127 e. The van der Waals surface area contributed by atoms with Crippen LogP contribution in [-0.2, 0) is 23.1 Å². The van der Waals surface area contributed by atoms with Crippen LogP contribution < -0.4 is 5.73 Å². The molecule has 0 heterocycles. The fourth-order valence-corrected chi connectivity index (χ4v) is 2.03. The zero-order valence-corrected chi connectivity index (χ0v) is 9.81. The van der Waals surface area contributed by atoms with E-state index in [0.29, 0.717) is 12.1 Å². The van der Waals surface area contributed by atoms with Crippen molar-refractivity contribution < 1.29 is 8.60 Å². The van der Waals surface area contributed by atoms with Crippen LogP contribution in [-0.4, -0.2) is 9.46 Å². The minimum absolute atomic E-state index is 0.0542. The maximum absolute atomic E-state index is 13.5. The Morgan fingerprint density at radius 3 is 2.60 bits per heavy atom. The molecule has 0 radical (unpaired) electrons. The highest BCUT2D eigenvalue weighted by Gasteiger charge is 2.10. The van der Waals surface area contributed by atoms with Gasteiger partial charge >= 0.3 is 0 Å². The SMILES string of the molecule is CC(C)S(=O)Cc1ccc(CN)cc1F. The molecule has 1 atom stereocenters. The van der Waals surface area contributed by atoms with Crippen molar-refractivity contribution in [2.75, 3.05) is 0 Å². The highest BCUT2D eigenvalue weighted by atomic mass is 32.2. The number of halogens is 1. The molecule has 1 rings (SSSR count). The summed E-state index contributed by atoms with van der Waals surface area (Å²) in [4.78, 5) is 0. The molecule has 0 saturated heterocycles. The predicted molar refractivity (Wildman–Crippen MR) is 61.3 cm³/mol. The second kappa shape index (κ2) is 5.37. The molecule has 0 saturated carbocycles. The van der Waals surface area contributed by atoms with Crippen molar-refractivity contribution in [3.8, 4) is 0 Å². The van der Waals surface area contributed by atoms with Gasteiger partial charge in [0.1, 0.15) is 5.82 Å². The molecule has 1 unspecified atom stereocenters. The zero-order chi connectivity index (χ0) is 11.4. The predicted octanol–water partition coefficient (Wildman–Crippen LogP) is 1.94. The van der Waals surface area contributed by atoms with Crippen molar-refractivity contribution in [3.05, 3.63) is 35.1 Å². The van der Waals surface area contributed by atoms with E-state index in [0.717, 1.165) is 5.56 Å². The summed E-state index contributed by atoms with van der Waals surface area (Å²) in [5, 5.41) is 0.0542. The van der Waals surface area contributed by atoms with Gasteiger partial charge in [0.2, 0.25) is 0 Å². The van der Waals surface area contributed by atoms with E-state index in [1.807, 2.05) is 13.8 Å². The smallest absolute Gasteiger partial charge is 0.127 e. The van der Waals surface area contributed by atoms with Crippen LogP contribution in [0.2, 0.25) is 0 Å². The van der Waals surface area contributed by atoms with Gasteiger partial charge in [0, 0.05) is 28.2 Å². The van der Waals surface area contributed by atoms with Gasteiger partial charge in [-0.25, -0.2) is 4.39 Å². The van der Waals surface area contributed by atoms with Crippen LogP contribution >= 0.6 is 0 Å². The summed E-state index contributed by atoms with van der Waals surface area (Å²) in [6.45, 7) is 4.05. The molecule has 4 heteroatoms. The molecule has 0 aliphatic rings. The molecule has 0 aliphatic carbocycles. The summed E-state index contributed by atoms with van der Waals surface area (Å²) >= 11 is 0. The molecule has 2 N–H and O–H groups in total. The van der Waals surface area contributed by atoms with Crippen molar-refractivity contribution in [2.24, 2.45) is 5.73 Å². The van der Waals surface area contributed by atoms with Gasteiger partial charge in [-0.1, -0.05) is 26.0 Å². The number of benzene rings is 1. The third kappa shape index (κ3) is 3.39. The first-order chi connectivity index (χ1) is 7.04. The molecule has 84 valence electrons. The standard InChI is InChI=1S/C11H16FNOS/c1-8(2)15(14)7-10-4-3-9(6-13)5-11(10)12/h3-5,8H,6-7,13H2,1-2H3. The fraction of sp³-hybridized carbons (Fsp3) is 0.455. The van der Waals surface area contributed by atoms with Crippen LogP contribution in [0.25, 0.3) is 0 Å². The summed E-state index contributed by atoms with van der Waals surface area (Å²) in [6.07, 6.45) is 0. The van der Waals surface area contributed by atoms with E-state index in [2.05, 4.69) is 0 Å². The molecular formula is C11H16FNOS. The van der Waals surface area contributed by atoms with Crippen molar-refractivity contribution in [1.29, 1.82) is 0 Å². The third-order valence-electron chi connectivity index (χ3n) is 2.18. The third-order valence-corrected chi connectivity index (χ3v) is 3.82. The lowest BCUT2D eigenvalue weighted by molar-refractivity contribution is 0.612. The molecular weight excluding hydrogens is 213 g/mol. The van der Waals surface area contributed by atoms with E-state index in [9.17, 15) is 8.60 Å². The Labute approximate surface area is 92.1 Å². The average Bonchev–Trinajstić information content (AvgIpc) is 2.20. The second-order valence-corrected chi connectivity index (χ2v) is 5.70. The quantitative estimate of drug-likeness (QED) is 0.857. The van der Waals surface area contributed by atoms with Crippen LogP contribution in [0.1, 0.15) is 25.0 Å². The summed E-state index contributed by atoms with van der Waals surface area (Å²) in [7, 11) is -1.01. The van der Waals surface area contributed by atoms with Gasteiger partial charge in [-0.3, -0.25) is 4.21 Å².